The van der Waals surface area contributed by atoms with Crippen LogP contribution < -0.4 is 21.5 Å². The number of hydrogen-bond donors (Lipinski definition) is 3. The molecular formula is C9H14ClN3O2. The fourth-order valence-corrected chi connectivity index (χ4v) is 0.972. The lowest BCUT2D eigenvalue weighted by Gasteiger charge is -2.08. The van der Waals surface area contributed by atoms with Crippen LogP contribution in [-0.2, 0) is 4.79 Å². The van der Waals surface area contributed by atoms with E-state index < -0.39 is 0 Å². The molecule has 0 unspecified atom stereocenters. The van der Waals surface area contributed by atoms with Crippen LogP contribution in [0.15, 0.2) is 18.2 Å². The van der Waals surface area contributed by atoms with Crippen LogP contribution in [0.3, 0.4) is 0 Å². The Balaban J connectivity index is 0.00000196. The maximum atomic E-state index is 11.0. The Morgan fingerprint density at radius 3 is 2.73 bits per heavy atom. The predicted molar refractivity (Wildman–Crippen MR) is 62.3 cm³/mol. The molecule has 0 saturated carbocycles. The highest BCUT2D eigenvalue weighted by molar-refractivity contribution is 5.95. The number of nitrogen functional groups attached to an aromatic ring is 1. The van der Waals surface area contributed by atoms with Crippen molar-refractivity contribution in [3.63, 3.8) is 0 Å². The maximum absolute atomic E-state index is 11.0. The molecule has 84 valence electrons. The van der Waals surface area contributed by atoms with Gasteiger partial charge in [0.2, 0.25) is 5.91 Å². The predicted octanol–water partition coefficient (Wildman–Crippen LogP) is 0.596. The van der Waals surface area contributed by atoms with Gasteiger partial charge in [-0.25, -0.2) is 0 Å². The number of halogens is 1. The largest absolute Gasteiger partial charge is 0.497 e. The molecule has 1 aromatic rings. The standard InChI is InChI=1S/C9H13N3O2.ClH/c1-14-6-2-3-7(11)8(4-6)12-9(13)5-10;/h2-4H,5,10-11H2,1H3,(H,12,13);1H. The number of carbonyl (C=O) groups excluding carboxylic acids is 1. The zero-order valence-corrected chi connectivity index (χ0v) is 9.14. The van der Waals surface area contributed by atoms with E-state index in [0.29, 0.717) is 17.1 Å². The summed E-state index contributed by atoms with van der Waals surface area (Å²) >= 11 is 0. The Kier molecular flexibility index (Phi) is 5.51. The number of carbonyl (C=O) groups is 1. The molecule has 1 amide bonds. The fraction of sp³-hybridized carbons (Fsp3) is 0.222. The average Bonchev–Trinajstić information content (AvgIpc) is 2.21. The summed E-state index contributed by atoms with van der Waals surface area (Å²) in [7, 11) is 1.54. The maximum Gasteiger partial charge on any atom is 0.238 e. The van der Waals surface area contributed by atoms with Gasteiger partial charge in [-0.2, -0.15) is 0 Å². The summed E-state index contributed by atoms with van der Waals surface area (Å²) in [5.41, 5.74) is 11.8. The highest BCUT2D eigenvalue weighted by Gasteiger charge is 2.04. The molecule has 0 heterocycles. The molecule has 0 bridgehead atoms. The number of anilines is 2. The summed E-state index contributed by atoms with van der Waals surface area (Å²) in [6.07, 6.45) is 0. The van der Waals surface area contributed by atoms with Crippen molar-refractivity contribution in [2.24, 2.45) is 5.73 Å². The minimum absolute atomic E-state index is 0. The van der Waals surface area contributed by atoms with Crippen LogP contribution in [0, 0.1) is 0 Å². The van der Waals surface area contributed by atoms with Gasteiger partial charge in [0.15, 0.2) is 0 Å². The summed E-state index contributed by atoms with van der Waals surface area (Å²) < 4.78 is 4.99. The summed E-state index contributed by atoms with van der Waals surface area (Å²) in [5.74, 6) is 0.344. The Hall–Kier alpha value is -1.46. The third-order valence-electron chi connectivity index (χ3n) is 1.72. The summed E-state index contributed by atoms with van der Waals surface area (Å²) in [6, 6.07) is 5.02. The van der Waals surface area contributed by atoms with Crippen molar-refractivity contribution in [3.8, 4) is 5.75 Å². The molecule has 0 atom stereocenters. The van der Waals surface area contributed by atoms with E-state index in [4.69, 9.17) is 16.2 Å². The molecule has 0 spiro atoms. The highest BCUT2D eigenvalue weighted by atomic mass is 35.5. The van der Waals surface area contributed by atoms with Gasteiger partial charge in [0.1, 0.15) is 5.75 Å². The van der Waals surface area contributed by atoms with Crippen LogP contribution >= 0.6 is 12.4 Å². The molecule has 0 aliphatic rings. The Bertz CT molecular complexity index is 344. The van der Waals surface area contributed by atoms with Gasteiger partial charge in [-0.05, 0) is 12.1 Å². The van der Waals surface area contributed by atoms with Crippen molar-refractivity contribution < 1.29 is 9.53 Å². The lowest BCUT2D eigenvalue weighted by Crippen LogP contribution is -2.22. The molecule has 0 radical (unpaired) electrons. The zero-order valence-electron chi connectivity index (χ0n) is 8.32. The summed E-state index contributed by atoms with van der Waals surface area (Å²) in [5, 5.41) is 2.57. The molecule has 1 rings (SSSR count). The zero-order chi connectivity index (χ0) is 10.6. The van der Waals surface area contributed by atoms with Gasteiger partial charge < -0.3 is 21.5 Å². The Morgan fingerprint density at radius 2 is 2.20 bits per heavy atom. The Morgan fingerprint density at radius 1 is 1.53 bits per heavy atom. The highest BCUT2D eigenvalue weighted by Crippen LogP contribution is 2.23. The third kappa shape index (κ3) is 3.65. The number of nitrogens with two attached hydrogens (primary N) is 2. The van der Waals surface area contributed by atoms with E-state index in [-0.39, 0.29) is 24.9 Å². The van der Waals surface area contributed by atoms with Crippen molar-refractivity contribution >= 4 is 29.7 Å². The van der Waals surface area contributed by atoms with E-state index >= 15 is 0 Å². The van der Waals surface area contributed by atoms with Crippen LogP contribution in [-0.4, -0.2) is 19.6 Å². The first-order chi connectivity index (χ1) is 6.67. The van der Waals surface area contributed by atoms with E-state index in [1.54, 1.807) is 25.3 Å². The average molecular weight is 232 g/mol. The number of methoxy groups -OCH3 is 1. The van der Waals surface area contributed by atoms with E-state index in [1.165, 1.54) is 0 Å². The van der Waals surface area contributed by atoms with Gasteiger partial charge in [0.05, 0.1) is 25.0 Å². The van der Waals surface area contributed by atoms with Crippen molar-refractivity contribution in [2.75, 3.05) is 24.7 Å². The second kappa shape index (κ2) is 6.10. The first-order valence-electron chi connectivity index (χ1n) is 4.11. The number of hydrogen-bond acceptors (Lipinski definition) is 4. The lowest BCUT2D eigenvalue weighted by atomic mass is 10.2. The second-order valence-corrected chi connectivity index (χ2v) is 2.71. The van der Waals surface area contributed by atoms with E-state index in [1.807, 2.05) is 0 Å². The van der Waals surface area contributed by atoms with Gasteiger partial charge in [0, 0.05) is 6.07 Å². The first-order valence-corrected chi connectivity index (χ1v) is 4.11. The smallest absolute Gasteiger partial charge is 0.238 e. The number of benzene rings is 1. The minimum atomic E-state index is -0.287. The topological polar surface area (TPSA) is 90.4 Å². The fourth-order valence-electron chi connectivity index (χ4n) is 0.972. The molecule has 15 heavy (non-hydrogen) atoms. The quantitative estimate of drug-likeness (QED) is 0.665. The van der Waals surface area contributed by atoms with Crippen molar-refractivity contribution in [2.45, 2.75) is 0 Å². The SMILES string of the molecule is COc1ccc(N)c(NC(=O)CN)c1.Cl. The molecular weight excluding hydrogens is 218 g/mol. The number of rotatable bonds is 3. The van der Waals surface area contributed by atoms with Crippen molar-refractivity contribution in [1.29, 1.82) is 0 Å². The van der Waals surface area contributed by atoms with Gasteiger partial charge in [0.25, 0.3) is 0 Å². The van der Waals surface area contributed by atoms with Crippen molar-refractivity contribution in [3.05, 3.63) is 18.2 Å². The number of nitrogens with one attached hydrogen (secondary N) is 1. The van der Waals surface area contributed by atoms with Gasteiger partial charge in [-0.15, -0.1) is 12.4 Å². The lowest BCUT2D eigenvalue weighted by molar-refractivity contribution is -0.114. The molecule has 5 N–H and O–H groups in total. The van der Waals surface area contributed by atoms with Crippen LogP contribution in [0.4, 0.5) is 11.4 Å². The monoisotopic (exact) mass is 231 g/mol. The van der Waals surface area contributed by atoms with E-state index in [0.717, 1.165) is 0 Å². The third-order valence-corrected chi connectivity index (χ3v) is 1.72. The van der Waals surface area contributed by atoms with Gasteiger partial charge >= 0.3 is 0 Å². The normalized spacial score (nSPS) is 8.93. The van der Waals surface area contributed by atoms with Crippen molar-refractivity contribution in [1.82, 2.24) is 0 Å². The second-order valence-electron chi connectivity index (χ2n) is 2.71. The van der Waals surface area contributed by atoms with Crippen LogP contribution in [0.1, 0.15) is 0 Å². The van der Waals surface area contributed by atoms with Crippen LogP contribution in [0.2, 0.25) is 0 Å². The molecule has 6 heteroatoms. The van der Waals surface area contributed by atoms with E-state index in [9.17, 15) is 4.79 Å². The molecule has 0 saturated heterocycles. The molecule has 1 aromatic carbocycles. The van der Waals surface area contributed by atoms with Crippen LogP contribution in [0.5, 0.6) is 5.75 Å². The summed E-state index contributed by atoms with van der Waals surface area (Å²) in [4.78, 5) is 11.0. The summed E-state index contributed by atoms with van der Waals surface area (Å²) in [6.45, 7) is -0.0728. The number of ether oxygens (including phenoxy) is 1. The van der Waals surface area contributed by atoms with Crippen LogP contribution in [0.25, 0.3) is 0 Å². The molecule has 0 aromatic heterocycles. The minimum Gasteiger partial charge on any atom is -0.497 e. The van der Waals surface area contributed by atoms with E-state index in [2.05, 4.69) is 5.32 Å². The Labute approximate surface area is 94.2 Å². The number of amides is 1. The molecule has 0 aliphatic heterocycles. The van der Waals surface area contributed by atoms with Gasteiger partial charge in [-0.1, -0.05) is 0 Å². The molecule has 0 fully saturated rings. The molecule has 5 nitrogen and oxygen atoms in total. The first kappa shape index (κ1) is 13.5. The molecule has 0 aliphatic carbocycles. The van der Waals surface area contributed by atoms with Gasteiger partial charge in [-0.3, -0.25) is 4.79 Å².